The third-order valence-electron chi connectivity index (χ3n) is 2.01. The lowest BCUT2D eigenvalue weighted by Gasteiger charge is -2.16. The first kappa shape index (κ1) is 12.9. The molecule has 0 aromatic heterocycles. The molecule has 1 aromatic carbocycles. The number of hydrogen-bond donors (Lipinski definition) is 4. The van der Waals surface area contributed by atoms with Gasteiger partial charge in [0.1, 0.15) is 5.57 Å². The van der Waals surface area contributed by atoms with E-state index in [1.54, 1.807) is 18.2 Å². The maximum Gasteiger partial charge on any atom is 0.369 e. The van der Waals surface area contributed by atoms with Crippen LogP contribution in [0.3, 0.4) is 0 Å². The SMILES string of the molecule is O=C(O)C(=Cc1ccccc1)C(O)(O)C(=O)O. The molecule has 17 heavy (non-hydrogen) atoms. The summed E-state index contributed by atoms with van der Waals surface area (Å²) in [5.74, 6) is -7.20. The van der Waals surface area contributed by atoms with E-state index < -0.39 is 23.3 Å². The Kier molecular flexibility index (Phi) is 3.62. The molecule has 0 aliphatic heterocycles. The maximum atomic E-state index is 10.8. The number of carboxylic acid groups (broad SMARTS) is 2. The summed E-state index contributed by atoms with van der Waals surface area (Å²) in [6, 6.07) is 7.88. The fourth-order valence-electron chi connectivity index (χ4n) is 1.14. The van der Waals surface area contributed by atoms with E-state index in [0.29, 0.717) is 5.56 Å². The van der Waals surface area contributed by atoms with Crippen LogP contribution in [0.2, 0.25) is 0 Å². The van der Waals surface area contributed by atoms with Gasteiger partial charge in [-0.05, 0) is 11.6 Å². The molecule has 0 unspecified atom stereocenters. The van der Waals surface area contributed by atoms with Crippen molar-refractivity contribution < 1.29 is 30.0 Å². The van der Waals surface area contributed by atoms with Gasteiger partial charge in [0.05, 0.1) is 0 Å². The molecule has 4 N–H and O–H groups in total. The summed E-state index contributed by atoms with van der Waals surface area (Å²) in [6.45, 7) is 0. The van der Waals surface area contributed by atoms with E-state index in [1.807, 2.05) is 0 Å². The molecule has 0 atom stereocenters. The van der Waals surface area contributed by atoms with Crippen LogP contribution < -0.4 is 0 Å². The third kappa shape index (κ3) is 2.90. The molecule has 0 radical (unpaired) electrons. The van der Waals surface area contributed by atoms with Crippen LogP contribution in [0.1, 0.15) is 5.56 Å². The van der Waals surface area contributed by atoms with Gasteiger partial charge in [-0.25, -0.2) is 9.59 Å². The summed E-state index contributed by atoms with van der Waals surface area (Å²) in [6.07, 6.45) is 0.885. The van der Waals surface area contributed by atoms with Gasteiger partial charge in [0.15, 0.2) is 0 Å². The lowest BCUT2D eigenvalue weighted by atomic mass is 10.0. The Morgan fingerprint density at radius 1 is 1.06 bits per heavy atom. The average molecular weight is 238 g/mol. The molecule has 0 bridgehead atoms. The van der Waals surface area contributed by atoms with Crippen LogP contribution in [0, 0.1) is 0 Å². The highest BCUT2D eigenvalue weighted by atomic mass is 16.5. The van der Waals surface area contributed by atoms with E-state index in [1.165, 1.54) is 12.1 Å². The highest BCUT2D eigenvalue weighted by molar-refractivity contribution is 6.01. The van der Waals surface area contributed by atoms with Crippen LogP contribution in [-0.4, -0.2) is 38.2 Å². The third-order valence-corrected chi connectivity index (χ3v) is 2.01. The van der Waals surface area contributed by atoms with E-state index in [4.69, 9.17) is 10.2 Å². The molecule has 0 fully saturated rings. The predicted octanol–water partition coefficient (Wildman–Crippen LogP) is -0.0799. The zero-order chi connectivity index (χ0) is 13.1. The van der Waals surface area contributed by atoms with Crippen LogP contribution in [0.4, 0.5) is 0 Å². The molecule has 0 aliphatic carbocycles. The Bertz CT molecular complexity index is 460. The molecule has 0 saturated heterocycles. The highest BCUT2D eigenvalue weighted by Gasteiger charge is 2.41. The zero-order valence-electron chi connectivity index (χ0n) is 8.57. The second-order valence-corrected chi connectivity index (χ2v) is 3.25. The van der Waals surface area contributed by atoms with Crippen molar-refractivity contribution in [3.63, 3.8) is 0 Å². The summed E-state index contributed by atoms with van der Waals surface area (Å²) >= 11 is 0. The normalized spacial score (nSPS) is 12.2. The Morgan fingerprint density at radius 3 is 2.00 bits per heavy atom. The number of carboxylic acids is 2. The van der Waals surface area contributed by atoms with Crippen molar-refractivity contribution in [1.82, 2.24) is 0 Å². The lowest BCUT2D eigenvalue weighted by molar-refractivity contribution is -0.192. The standard InChI is InChI=1S/C11H10O6/c12-9(13)8(11(16,17)10(14)15)6-7-4-2-1-3-5-7/h1-6,16-17H,(H,12,13)(H,14,15). The minimum atomic E-state index is -3.43. The average Bonchev–Trinajstić information content (AvgIpc) is 2.26. The van der Waals surface area contributed by atoms with Gasteiger partial charge >= 0.3 is 11.9 Å². The van der Waals surface area contributed by atoms with Crippen molar-refractivity contribution in [3.05, 3.63) is 41.5 Å². The van der Waals surface area contributed by atoms with E-state index >= 15 is 0 Å². The largest absolute Gasteiger partial charge is 0.478 e. The molecule has 0 heterocycles. The van der Waals surface area contributed by atoms with Crippen molar-refractivity contribution in [2.75, 3.05) is 0 Å². The first-order valence-corrected chi connectivity index (χ1v) is 4.54. The molecule has 0 amide bonds. The fourth-order valence-corrected chi connectivity index (χ4v) is 1.14. The summed E-state index contributed by atoms with van der Waals surface area (Å²) < 4.78 is 0. The first-order valence-electron chi connectivity index (χ1n) is 4.54. The smallest absolute Gasteiger partial charge is 0.369 e. The van der Waals surface area contributed by atoms with Gasteiger partial charge in [-0.2, -0.15) is 0 Å². The fraction of sp³-hybridized carbons (Fsp3) is 0.0909. The van der Waals surface area contributed by atoms with Gasteiger partial charge in [0, 0.05) is 0 Å². The molecule has 1 aromatic rings. The molecule has 1 rings (SSSR count). The molecule has 90 valence electrons. The minimum absolute atomic E-state index is 0.346. The minimum Gasteiger partial charge on any atom is -0.478 e. The Labute approximate surface area is 96.1 Å². The number of aliphatic carboxylic acids is 2. The summed E-state index contributed by atoms with van der Waals surface area (Å²) in [4.78, 5) is 21.4. The number of carbonyl (C=O) groups is 2. The van der Waals surface area contributed by atoms with E-state index in [-0.39, 0.29) is 0 Å². The van der Waals surface area contributed by atoms with Crippen molar-refractivity contribution in [2.45, 2.75) is 5.79 Å². The monoisotopic (exact) mass is 238 g/mol. The highest BCUT2D eigenvalue weighted by Crippen LogP contribution is 2.18. The Balaban J connectivity index is 3.24. The number of benzene rings is 1. The van der Waals surface area contributed by atoms with Gasteiger partial charge in [0.25, 0.3) is 5.79 Å². The summed E-state index contributed by atoms with van der Waals surface area (Å²) in [5.41, 5.74) is -0.685. The second-order valence-electron chi connectivity index (χ2n) is 3.25. The summed E-state index contributed by atoms with van der Waals surface area (Å²) in [7, 11) is 0. The molecular formula is C11H10O6. The Morgan fingerprint density at radius 2 is 1.59 bits per heavy atom. The first-order chi connectivity index (χ1) is 7.85. The Hall–Kier alpha value is -2.18. The maximum absolute atomic E-state index is 10.8. The van der Waals surface area contributed by atoms with E-state index in [2.05, 4.69) is 0 Å². The van der Waals surface area contributed by atoms with Crippen LogP contribution in [0.15, 0.2) is 35.9 Å². The number of aliphatic hydroxyl groups is 2. The van der Waals surface area contributed by atoms with Gasteiger partial charge in [0.2, 0.25) is 0 Å². The van der Waals surface area contributed by atoms with E-state index in [0.717, 1.165) is 6.08 Å². The van der Waals surface area contributed by atoms with E-state index in [9.17, 15) is 19.8 Å². The van der Waals surface area contributed by atoms with Gasteiger partial charge in [-0.15, -0.1) is 0 Å². The quantitative estimate of drug-likeness (QED) is 0.431. The van der Waals surface area contributed by atoms with Crippen molar-refractivity contribution in [3.8, 4) is 0 Å². The van der Waals surface area contributed by atoms with Crippen LogP contribution in [-0.2, 0) is 9.59 Å². The zero-order valence-corrected chi connectivity index (χ0v) is 8.57. The van der Waals surface area contributed by atoms with Gasteiger partial charge in [-0.1, -0.05) is 30.3 Å². The molecule has 0 aliphatic rings. The number of rotatable bonds is 4. The molecule has 6 heteroatoms. The van der Waals surface area contributed by atoms with Crippen molar-refractivity contribution >= 4 is 18.0 Å². The summed E-state index contributed by atoms with van der Waals surface area (Å²) in [5, 5.41) is 35.7. The lowest BCUT2D eigenvalue weighted by Crippen LogP contribution is -2.42. The second kappa shape index (κ2) is 4.77. The number of hydrogen-bond acceptors (Lipinski definition) is 4. The molecular weight excluding hydrogens is 228 g/mol. The van der Waals surface area contributed by atoms with Gasteiger partial charge in [-0.3, -0.25) is 0 Å². The molecule has 0 spiro atoms. The van der Waals surface area contributed by atoms with Crippen LogP contribution in [0.25, 0.3) is 6.08 Å². The molecule has 6 nitrogen and oxygen atoms in total. The predicted molar refractivity (Wildman–Crippen MR) is 56.9 cm³/mol. The van der Waals surface area contributed by atoms with Crippen molar-refractivity contribution in [2.24, 2.45) is 0 Å². The van der Waals surface area contributed by atoms with Crippen LogP contribution >= 0.6 is 0 Å². The topological polar surface area (TPSA) is 115 Å². The van der Waals surface area contributed by atoms with Crippen LogP contribution in [0.5, 0.6) is 0 Å². The van der Waals surface area contributed by atoms with Crippen molar-refractivity contribution in [1.29, 1.82) is 0 Å². The molecule has 0 saturated carbocycles. The van der Waals surface area contributed by atoms with Gasteiger partial charge < -0.3 is 20.4 Å².